The molecule has 0 saturated carbocycles. The molecular weight excluding hydrogens is 328 g/mol. The fourth-order valence-corrected chi connectivity index (χ4v) is 3.18. The van der Waals surface area contributed by atoms with Crippen molar-refractivity contribution in [2.75, 3.05) is 0 Å². The van der Waals surface area contributed by atoms with Gasteiger partial charge in [-0.15, -0.1) is 11.5 Å². The minimum Gasteiger partial charge on any atom is -0.151 e. The number of hydrogen-bond donors (Lipinski definition) is 0. The van der Waals surface area contributed by atoms with E-state index < -0.39 is 0 Å². The standard InChI is InChI=1S/C25H18N2/c1-3-22-23-12-8-7-9-20(23)17-24(27-26-21-10-5-4-6-11-21)25(22)19-15-13-18(2)14-16-19/h1,4-17H,2H3. The molecule has 27 heavy (non-hydrogen) atoms. The van der Waals surface area contributed by atoms with Crippen LogP contribution in [0.1, 0.15) is 11.1 Å². The van der Waals surface area contributed by atoms with Gasteiger partial charge in [0.2, 0.25) is 0 Å². The minimum atomic E-state index is 0.773. The molecule has 0 aromatic heterocycles. The average molecular weight is 346 g/mol. The van der Waals surface area contributed by atoms with Crippen LogP contribution in [0, 0.1) is 19.3 Å². The second-order valence-corrected chi connectivity index (χ2v) is 6.41. The van der Waals surface area contributed by atoms with Gasteiger partial charge < -0.3 is 0 Å². The van der Waals surface area contributed by atoms with E-state index in [1.807, 2.05) is 42.5 Å². The summed E-state index contributed by atoms with van der Waals surface area (Å²) in [6.07, 6.45) is 5.94. The van der Waals surface area contributed by atoms with Crippen LogP contribution in [0.3, 0.4) is 0 Å². The summed E-state index contributed by atoms with van der Waals surface area (Å²) in [4.78, 5) is 0. The van der Waals surface area contributed by atoms with E-state index in [4.69, 9.17) is 6.42 Å². The zero-order valence-electron chi connectivity index (χ0n) is 15.1. The molecule has 0 saturated heterocycles. The molecular formula is C25H18N2. The third kappa shape index (κ3) is 3.36. The lowest BCUT2D eigenvalue weighted by Crippen LogP contribution is -1.89. The number of hydrogen-bond acceptors (Lipinski definition) is 2. The van der Waals surface area contributed by atoms with Crippen molar-refractivity contribution in [1.29, 1.82) is 0 Å². The Labute approximate surface area is 159 Å². The van der Waals surface area contributed by atoms with Crippen molar-refractivity contribution in [3.05, 3.63) is 96.1 Å². The normalized spacial score (nSPS) is 11.0. The Morgan fingerprint density at radius 2 is 1.48 bits per heavy atom. The van der Waals surface area contributed by atoms with Crippen LogP contribution in [0.2, 0.25) is 0 Å². The lowest BCUT2D eigenvalue weighted by Gasteiger charge is -2.12. The summed E-state index contributed by atoms with van der Waals surface area (Å²) in [5.74, 6) is 2.89. The van der Waals surface area contributed by atoms with Crippen LogP contribution in [-0.2, 0) is 0 Å². The molecule has 2 nitrogen and oxygen atoms in total. The van der Waals surface area contributed by atoms with Crippen molar-refractivity contribution < 1.29 is 0 Å². The highest BCUT2D eigenvalue weighted by Crippen LogP contribution is 2.39. The van der Waals surface area contributed by atoms with E-state index in [1.165, 1.54) is 5.56 Å². The number of azo groups is 1. The van der Waals surface area contributed by atoms with Crippen LogP contribution in [0.15, 0.2) is 95.2 Å². The van der Waals surface area contributed by atoms with Gasteiger partial charge >= 0.3 is 0 Å². The Balaban J connectivity index is 1.98. The third-order valence-corrected chi connectivity index (χ3v) is 4.54. The van der Waals surface area contributed by atoms with Gasteiger partial charge in [-0.3, -0.25) is 0 Å². The predicted octanol–water partition coefficient (Wildman–Crippen LogP) is 7.21. The van der Waals surface area contributed by atoms with Crippen LogP contribution in [0.4, 0.5) is 11.4 Å². The Bertz CT molecular complexity index is 1160. The fraction of sp³-hybridized carbons (Fsp3) is 0.0400. The molecule has 0 aliphatic rings. The van der Waals surface area contributed by atoms with Gasteiger partial charge in [0.1, 0.15) is 0 Å². The van der Waals surface area contributed by atoms with E-state index >= 15 is 0 Å². The number of benzene rings is 4. The van der Waals surface area contributed by atoms with Gasteiger partial charge in [0.25, 0.3) is 0 Å². The van der Waals surface area contributed by atoms with Crippen LogP contribution in [0.25, 0.3) is 21.9 Å². The topological polar surface area (TPSA) is 24.7 Å². The molecule has 128 valence electrons. The lowest BCUT2D eigenvalue weighted by molar-refractivity contribution is 1.23. The van der Waals surface area contributed by atoms with Crippen molar-refractivity contribution in [3.8, 4) is 23.5 Å². The van der Waals surface area contributed by atoms with Crippen molar-refractivity contribution in [3.63, 3.8) is 0 Å². The molecule has 0 unspecified atom stereocenters. The molecule has 2 heteroatoms. The molecule has 0 aliphatic carbocycles. The van der Waals surface area contributed by atoms with Gasteiger partial charge in [0.15, 0.2) is 0 Å². The van der Waals surface area contributed by atoms with E-state index in [2.05, 4.69) is 65.5 Å². The number of nitrogens with zero attached hydrogens (tertiary/aromatic N) is 2. The van der Waals surface area contributed by atoms with Crippen LogP contribution < -0.4 is 0 Å². The Morgan fingerprint density at radius 3 is 2.22 bits per heavy atom. The maximum Gasteiger partial charge on any atom is 0.0954 e. The smallest absolute Gasteiger partial charge is 0.0954 e. The Kier molecular flexibility index (Phi) is 4.51. The van der Waals surface area contributed by atoms with Crippen LogP contribution in [0.5, 0.6) is 0 Å². The summed E-state index contributed by atoms with van der Waals surface area (Å²) < 4.78 is 0. The molecule has 0 N–H and O–H groups in total. The Morgan fingerprint density at radius 1 is 0.778 bits per heavy atom. The largest absolute Gasteiger partial charge is 0.151 e. The first-order valence-electron chi connectivity index (χ1n) is 8.82. The summed E-state index contributed by atoms with van der Waals surface area (Å²) in [7, 11) is 0. The van der Waals surface area contributed by atoms with E-state index in [0.717, 1.165) is 38.8 Å². The highest BCUT2D eigenvalue weighted by Gasteiger charge is 2.14. The first-order valence-corrected chi connectivity index (χ1v) is 8.82. The molecule has 4 aromatic carbocycles. The molecule has 4 rings (SSSR count). The van der Waals surface area contributed by atoms with Crippen molar-refractivity contribution >= 4 is 22.1 Å². The first kappa shape index (κ1) is 16.8. The maximum absolute atomic E-state index is 5.94. The molecule has 0 radical (unpaired) electrons. The SMILES string of the molecule is C#Cc1c(-c2ccc(C)cc2)c(N=Nc2ccccc2)cc2ccccc12. The fourth-order valence-electron chi connectivity index (χ4n) is 3.18. The molecule has 0 aliphatic heterocycles. The van der Waals surface area contributed by atoms with Gasteiger partial charge in [-0.05, 0) is 41.5 Å². The van der Waals surface area contributed by atoms with Crippen molar-refractivity contribution in [2.45, 2.75) is 6.92 Å². The second-order valence-electron chi connectivity index (χ2n) is 6.41. The van der Waals surface area contributed by atoms with Gasteiger partial charge in [0.05, 0.1) is 11.4 Å². The van der Waals surface area contributed by atoms with Crippen LogP contribution in [-0.4, -0.2) is 0 Å². The van der Waals surface area contributed by atoms with E-state index in [0.29, 0.717) is 0 Å². The maximum atomic E-state index is 5.94. The number of fused-ring (bicyclic) bond motifs is 1. The van der Waals surface area contributed by atoms with Gasteiger partial charge in [-0.2, -0.15) is 5.11 Å². The zero-order valence-corrected chi connectivity index (χ0v) is 15.1. The van der Waals surface area contributed by atoms with Gasteiger partial charge in [-0.1, -0.05) is 78.2 Å². The van der Waals surface area contributed by atoms with Crippen molar-refractivity contribution in [1.82, 2.24) is 0 Å². The average Bonchev–Trinajstić information content (AvgIpc) is 2.72. The highest BCUT2D eigenvalue weighted by molar-refractivity contribution is 5.99. The number of rotatable bonds is 3. The lowest BCUT2D eigenvalue weighted by atomic mass is 9.92. The number of terminal acetylenes is 1. The molecule has 4 aromatic rings. The summed E-state index contributed by atoms with van der Waals surface area (Å²) in [5.41, 5.74) is 5.61. The summed E-state index contributed by atoms with van der Waals surface area (Å²) in [5, 5.41) is 11.1. The zero-order chi connectivity index (χ0) is 18.6. The molecule has 0 amide bonds. The van der Waals surface area contributed by atoms with Gasteiger partial charge in [0, 0.05) is 11.1 Å². The van der Waals surface area contributed by atoms with E-state index in [1.54, 1.807) is 0 Å². The minimum absolute atomic E-state index is 0.773. The van der Waals surface area contributed by atoms with E-state index in [-0.39, 0.29) is 0 Å². The first-order chi connectivity index (χ1) is 13.3. The Hall–Kier alpha value is -3.70. The second kappa shape index (κ2) is 7.27. The highest BCUT2D eigenvalue weighted by atomic mass is 15.1. The van der Waals surface area contributed by atoms with Gasteiger partial charge in [-0.25, -0.2) is 0 Å². The summed E-state index contributed by atoms with van der Waals surface area (Å²) in [6, 6.07) is 28.2. The van der Waals surface area contributed by atoms with Crippen molar-refractivity contribution in [2.24, 2.45) is 10.2 Å². The third-order valence-electron chi connectivity index (χ3n) is 4.54. The molecule has 0 fully saturated rings. The molecule has 0 atom stereocenters. The quantitative estimate of drug-likeness (QED) is 0.276. The summed E-state index contributed by atoms with van der Waals surface area (Å²) in [6.45, 7) is 2.07. The summed E-state index contributed by atoms with van der Waals surface area (Å²) >= 11 is 0. The monoisotopic (exact) mass is 346 g/mol. The molecule has 0 bridgehead atoms. The van der Waals surface area contributed by atoms with Crippen LogP contribution >= 0.6 is 0 Å². The number of aryl methyl sites for hydroxylation is 1. The molecule has 0 heterocycles. The predicted molar refractivity (Wildman–Crippen MR) is 113 cm³/mol. The molecule has 0 spiro atoms. The van der Waals surface area contributed by atoms with E-state index in [9.17, 15) is 0 Å².